The highest BCUT2D eigenvalue weighted by Gasteiger charge is 2.04. The molecule has 0 spiro atoms. The molecule has 0 radical (unpaired) electrons. The monoisotopic (exact) mass is 144 g/mol. The maximum Gasteiger partial charge on any atom is 0.220 e. The fourth-order valence-corrected chi connectivity index (χ4v) is 0.839. The number of carbonyl (C=O) groups excluding carboxylic acids is 1. The van der Waals surface area contributed by atoms with E-state index >= 15 is 0 Å². The first-order valence-electron chi connectivity index (χ1n) is 3.56. The Labute approximate surface area is 62.2 Å². The summed E-state index contributed by atoms with van der Waals surface area (Å²) < 4.78 is 0. The van der Waals surface area contributed by atoms with Crippen LogP contribution >= 0.6 is 0 Å². The van der Waals surface area contributed by atoms with Crippen molar-refractivity contribution in [2.45, 2.75) is 13.3 Å². The Hall–Kier alpha value is -0.570. The first kappa shape index (κ1) is 9.43. The quantitative estimate of drug-likeness (QED) is 0.582. The van der Waals surface area contributed by atoms with Gasteiger partial charge in [0.05, 0.1) is 0 Å². The van der Waals surface area contributed by atoms with Gasteiger partial charge in [0, 0.05) is 13.5 Å². The molecule has 0 rings (SSSR count). The highest BCUT2D eigenvalue weighted by atomic mass is 16.1. The van der Waals surface area contributed by atoms with Gasteiger partial charge in [0.1, 0.15) is 0 Å². The van der Waals surface area contributed by atoms with E-state index < -0.39 is 0 Å². The van der Waals surface area contributed by atoms with Crippen LogP contribution in [-0.2, 0) is 4.79 Å². The van der Waals surface area contributed by atoms with Crippen molar-refractivity contribution in [2.75, 3.05) is 20.6 Å². The van der Waals surface area contributed by atoms with E-state index in [2.05, 4.69) is 10.6 Å². The zero-order valence-corrected chi connectivity index (χ0v) is 6.90. The van der Waals surface area contributed by atoms with Gasteiger partial charge in [0.2, 0.25) is 5.91 Å². The topological polar surface area (TPSA) is 41.1 Å². The molecule has 0 aromatic rings. The van der Waals surface area contributed by atoms with Gasteiger partial charge in [-0.25, -0.2) is 0 Å². The molecule has 0 fully saturated rings. The van der Waals surface area contributed by atoms with Crippen molar-refractivity contribution < 1.29 is 4.79 Å². The molecule has 1 atom stereocenters. The van der Waals surface area contributed by atoms with E-state index in [1.165, 1.54) is 0 Å². The molecule has 1 unspecified atom stereocenters. The molecule has 3 heteroatoms. The van der Waals surface area contributed by atoms with Crippen LogP contribution in [0.1, 0.15) is 13.3 Å². The largest absolute Gasteiger partial charge is 0.359 e. The van der Waals surface area contributed by atoms with Gasteiger partial charge in [-0.05, 0) is 19.5 Å². The fraction of sp³-hybridized carbons (Fsp3) is 0.857. The van der Waals surface area contributed by atoms with Crippen LogP contribution in [0.5, 0.6) is 0 Å². The summed E-state index contributed by atoms with van der Waals surface area (Å²) in [7, 11) is 3.55. The first-order valence-corrected chi connectivity index (χ1v) is 3.56. The predicted molar refractivity (Wildman–Crippen MR) is 41.8 cm³/mol. The van der Waals surface area contributed by atoms with Gasteiger partial charge in [-0.3, -0.25) is 4.79 Å². The molecule has 0 aliphatic carbocycles. The predicted octanol–water partition coefficient (Wildman–Crippen LogP) is -0.0220. The van der Waals surface area contributed by atoms with Crippen LogP contribution in [0.15, 0.2) is 0 Å². The zero-order chi connectivity index (χ0) is 7.98. The van der Waals surface area contributed by atoms with Crippen LogP contribution in [0.2, 0.25) is 0 Å². The lowest BCUT2D eigenvalue weighted by molar-refractivity contribution is -0.121. The van der Waals surface area contributed by atoms with Crippen molar-refractivity contribution in [1.29, 1.82) is 0 Å². The highest BCUT2D eigenvalue weighted by molar-refractivity contribution is 5.75. The minimum atomic E-state index is 0.114. The molecule has 10 heavy (non-hydrogen) atoms. The van der Waals surface area contributed by atoms with Gasteiger partial charge in [-0.2, -0.15) is 0 Å². The Balaban J connectivity index is 3.37. The van der Waals surface area contributed by atoms with Gasteiger partial charge >= 0.3 is 0 Å². The second-order valence-corrected chi connectivity index (χ2v) is 2.54. The Morgan fingerprint density at radius 3 is 2.50 bits per heavy atom. The maximum absolute atomic E-state index is 10.8. The zero-order valence-electron chi connectivity index (χ0n) is 6.90. The molecule has 2 N–H and O–H groups in total. The summed E-state index contributed by atoms with van der Waals surface area (Å²) in [5, 5.41) is 5.60. The van der Waals surface area contributed by atoms with Crippen LogP contribution in [0.25, 0.3) is 0 Å². The molecule has 0 aliphatic heterocycles. The van der Waals surface area contributed by atoms with E-state index in [1.54, 1.807) is 7.05 Å². The normalized spacial score (nSPS) is 12.7. The number of rotatable bonds is 4. The van der Waals surface area contributed by atoms with Crippen molar-refractivity contribution in [3.8, 4) is 0 Å². The molecule has 0 aromatic heterocycles. The molecular weight excluding hydrogens is 128 g/mol. The summed E-state index contributed by atoms with van der Waals surface area (Å²) in [5.74, 6) is 0.535. The molecule has 1 amide bonds. The highest BCUT2D eigenvalue weighted by Crippen LogP contribution is 1.97. The van der Waals surface area contributed by atoms with Crippen molar-refractivity contribution in [3.63, 3.8) is 0 Å². The Morgan fingerprint density at radius 1 is 1.50 bits per heavy atom. The minimum absolute atomic E-state index is 0.114. The Bertz CT molecular complexity index is 104. The summed E-state index contributed by atoms with van der Waals surface area (Å²) in [6, 6.07) is 0. The van der Waals surface area contributed by atoms with E-state index in [-0.39, 0.29) is 5.91 Å². The maximum atomic E-state index is 10.8. The number of nitrogens with one attached hydrogen (secondary N) is 2. The molecule has 0 heterocycles. The molecule has 60 valence electrons. The van der Waals surface area contributed by atoms with Gasteiger partial charge in [-0.1, -0.05) is 6.92 Å². The van der Waals surface area contributed by atoms with E-state index in [0.29, 0.717) is 12.3 Å². The fourth-order valence-electron chi connectivity index (χ4n) is 0.839. The number of amides is 1. The van der Waals surface area contributed by atoms with Gasteiger partial charge < -0.3 is 10.6 Å². The average Bonchev–Trinajstić information content (AvgIpc) is 1.88. The lowest BCUT2D eigenvalue weighted by Gasteiger charge is -2.08. The third kappa shape index (κ3) is 4.32. The van der Waals surface area contributed by atoms with Crippen molar-refractivity contribution in [3.05, 3.63) is 0 Å². The number of hydrogen-bond acceptors (Lipinski definition) is 2. The van der Waals surface area contributed by atoms with E-state index in [0.717, 1.165) is 6.54 Å². The second kappa shape index (κ2) is 5.23. The first-order chi connectivity index (χ1) is 4.70. The van der Waals surface area contributed by atoms with Gasteiger partial charge in [-0.15, -0.1) is 0 Å². The van der Waals surface area contributed by atoms with Gasteiger partial charge in [0.25, 0.3) is 0 Å². The Morgan fingerprint density at radius 2 is 2.10 bits per heavy atom. The van der Waals surface area contributed by atoms with Crippen LogP contribution in [-0.4, -0.2) is 26.5 Å². The summed E-state index contributed by atoms with van der Waals surface area (Å²) in [4.78, 5) is 10.8. The van der Waals surface area contributed by atoms with Crippen molar-refractivity contribution in [1.82, 2.24) is 10.6 Å². The molecule has 0 saturated heterocycles. The van der Waals surface area contributed by atoms with Crippen molar-refractivity contribution >= 4 is 5.91 Å². The van der Waals surface area contributed by atoms with Crippen LogP contribution in [0.4, 0.5) is 0 Å². The molecule has 0 saturated carbocycles. The van der Waals surface area contributed by atoms with E-state index in [9.17, 15) is 4.79 Å². The summed E-state index contributed by atoms with van der Waals surface area (Å²) in [5.41, 5.74) is 0. The van der Waals surface area contributed by atoms with Crippen LogP contribution in [0.3, 0.4) is 0 Å². The summed E-state index contributed by atoms with van der Waals surface area (Å²) >= 11 is 0. The molecule has 0 bridgehead atoms. The van der Waals surface area contributed by atoms with E-state index in [1.807, 2.05) is 14.0 Å². The Kier molecular flexibility index (Phi) is 4.94. The number of hydrogen-bond donors (Lipinski definition) is 2. The van der Waals surface area contributed by atoms with E-state index in [4.69, 9.17) is 0 Å². The summed E-state index contributed by atoms with van der Waals surface area (Å²) in [6.07, 6.45) is 0.608. The molecule has 0 aliphatic rings. The third-order valence-corrected chi connectivity index (χ3v) is 1.37. The molecule has 3 nitrogen and oxygen atoms in total. The second-order valence-electron chi connectivity index (χ2n) is 2.54. The third-order valence-electron chi connectivity index (χ3n) is 1.37. The lowest BCUT2D eigenvalue weighted by Crippen LogP contribution is -2.25. The van der Waals surface area contributed by atoms with Crippen LogP contribution < -0.4 is 10.6 Å². The average molecular weight is 144 g/mol. The SMILES string of the molecule is CNCC(C)CC(=O)NC. The van der Waals surface area contributed by atoms with Crippen LogP contribution in [0, 0.1) is 5.92 Å². The molecular formula is C7H16N2O. The van der Waals surface area contributed by atoms with Gasteiger partial charge in [0.15, 0.2) is 0 Å². The molecule has 0 aromatic carbocycles. The lowest BCUT2D eigenvalue weighted by atomic mass is 10.1. The summed E-state index contributed by atoms with van der Waals surface area (Å²) in [6.45, 7) is 2.94. The van der Waals surface area contributed by atoms with Crippen molar-refractivity contribution in [2.24, 2.45) is 5.92 Å². The number of carbonyl (C=O) groups is 1. The minimum Gasteiger partial charge on any atom is -0.359 e. The smallest absolute Gasteiger partial charge is 0.220 e. The standard InChI is InChI=1S/C7H16N2O/c1-6(5-8-2)4-7(10)9-3/h6,8H,4-5H2,1-3H3,(H,9,10).